The molecule has 1 amide bonds. The molecule has 8 heteroatoms. The van der Waals surface area contributed by atoms with Crippen molar-refractivity contribution in [2.75, 3.05) is 44.2 Å². The Morgan fingerprint density at radius 1 is 1.00 bits per heavy atom. The fraction of sp³-hybridized carbons (Fsp3) is 0.350. The zero-order valence-electron chi connectivity index (χ0n) is 17.1. The first-order valence-electron chi connectivity index (χ1n) is 8.76. The van der Waals surface area contributed by atoms with Crippen LogP contribution in [0.2, 0.25) is 0 Å². The number of hydrogen-bond donors (Lipinski definition) is 1. The second-order valence-corrected chi connectivity index (χ2v) is 10.1. The number of benzene rings is 2. The Balaban J connectivity index is 2.20. The van der Waals surface area contributed by atoms with Gasteiger partial charge in [0.1, 0.15) is 0 Å². The smallest absolute Gasteiger partial charge is 0.242 e. The van der Waals surface area contributed by atoms with Gasteiger partial charge in [-0.15, -0.1) is 11.8 Å². The van der Waals surface area contributed by atoms with Crippen LogP contribution in [0.15, 0.2) is 46.2 Å². The van der Waals surface area contributed by atoms with E-state index in [0.717, 1.165) is 14.9 Å². The van der Waals surface area contributed by atoms with E-state index in [-0.39, 0.29) is 16.6 Å². The minimum absolute atomic E-state index is 0.139. The van der Waals surface area contributed by atoms with Gasteiger partial charge < -0.3 is 10.2 Å². The topological polar surface area (TPSA) is 69.7 Å². The molecule has 152 valence electrons. The van der Waals surface area contributed by atoms with E-state index >= 15 is 0 Å². The lowest BCUT2D eigenvalue weighted by Crippen LogP contribution is -2.23. The van der Waals surface area contributed by atoms with Gasteiger partial charge in [0, 0.05) is 33.1 Å². The molecule has 6 nitrogen and oxygen atoms in total. The molecule has 0 aliphatic carbocycles. The average molecular weight is 422 g/mol. The number of aryl methyl sites for hydroxylation is 2. The Labute approximate surface area is 172 Å². The molecular weight excluding hydrogens is 394 g/mol. The van der Waals surface area contributed by atoms with Crippen LogP contribution in [0.3, 0.4) is 0 Å². The van der Waals surface area contributed by atoms with Crippen LogP contribution in [0, 0.1) is 13.8 Å². The van der Waals surface area contributed by atoms with Crippen LogP contribution >= 0.6 is 11.8 Å². The van der Waals surface area contributed by atoms with Crippen molar-refractivity contribution in [3.63, 3.8) is 0 Å². The molecule has 2 aromatic rings. The lowest BCUT2D eigenvalue weighted by atomic mass is 10.1. The first-order chi connectivity index (χ1) is 13.0. The third-order valence-electron chi connectivity index (χ3n) is 4.35. The lowest BCUT2D eigenvalue weighted by Gasteiger charge is -2.20. The van der Waals surface area contributed by atoms with Gasteiger partial charge in [-0.05, 0) is 55.3 Å². The first kappa shape index (κ1) is 22.3. The quantitative estimate of drug-likeness (QED) is 0.695. The fourth-order valence-electron chi connectivity index (χ4n) is 2.52. The Morgan fingerprint density at radius 2 is 1.68 bits per heavy atom. The molecule has 0 atom stereocenters. The van der Waals surface area contributed by atoms with Gasteiger partial charge in [0.15, 0.2) is 0 Å². The highest BCUT2D eigenvalue weighted by Gasteiger charge is 2.20. The minimum atomic E-state index is -3.58. The Kier molecular flexibility index (Phi) is 7.14. The Bertz CT molecular complexity index is 971. The van der Waals surface area contributed by atoms with Gasteiger partial charge >= 0.3 is 0 Å². The third-order valence-corrected chi connectivity index (χ3v) is 7.16. The second-order valence-electron chi connectivity index (χ2n) is 6.94. The molecule has 0 saturated heterocycles. The SMILES string of the molecule is Cc1ccc(SCC(=O)Nc2cc(S(=O)(=O)N(C)C)ccc2N(C)C)cc1C. The van der Waals surface area contributed by atoms with Gasteiger partial charge in [-0.2, -0.15) is 0 Å². The van der Waals surface area contributed by atoms with Crippen LogP contribution in [-0.4, -0.2) is 52.6 Å². The van der Waals surface area contributed by atoms with Gasteiger partial charge in [0.05, 0.1) is 22.0 Å². The van der Waals surface area contributed by atoms with E-state index < -0.39 is 10.0 Å². The van der Waals surface area contributed by atoms with E-state index in [9.17, 15) is 13.2 Å². The highest BCUT2D eigenvalue weighted by atomic mass is 32.2. The summed E-state index contributed by atoms with van der Waals surface area (Å²) in [6, 6.07) is 10.8. The minimum Gasteiger partial charge on any atom is -0.376 e. The highest BCUT2D eigenvalue weighted by molar-refractivity contribution is 8.00. The van der Waals surface area contributed by atoms with Crippen LogP contribution < -0.4 is 10.2 Å². The summed E-state index contributed by atoms with van der Waals surface area (Å²) in [6.45, 7) is 4.09. The number of carbonyl (C=O) groups excluding carboxylic acids is 1. The Morgan fingerprint density at radius 3 is 2.25 bits per heavy atom. The zero-order chi connectivity index (χ0) is 21.1. The highest BCUT2D eigenvalue weighted by Crippen LogP contribution is 2.29. The molecule has 0 spiro atoms. The summed E-state index contributed by atoms with van der Waals surface area (Å²) < 4.78 is 26.0. The van der Waals surface area contributed by atoms with E-state index in [1.807, 2.05) is 45.0 Å². The molecule has 0 radical (unpaired) electrons. The summed E-state index contributed by atoms with van der Waals surface area (Å²) in [5, 5.41) is 2.86. The first-order valence-corrected chi connectivity index (χ1v) is 11.2. The molecule has 0 unspecified atom stereocenters. The predicted molar refractivity (Wildman–Crippen MR) is 117 cm³/mol. The summed E-state index contributed by atoms with van der Waals surface area (Å²) >= 11 is 1.45. The summed E-state index contributed by atoms with van der Waals surface area (Å²) in [6.07, 6.45) is 0. The van der Waals surface area contributed by atoms with Crippen LogP contribution in [0.4, 0.5) is 11.4 Å². The number of sulfonamides is 1. The number of anilines is 2. The number of carbonyl (C=O) groups is 1. The van der Waals surface area contributed by atoms with Crippen molar-refractivity contribution in [2.24, 2.45) is 0 Å². The van der Waals surface area contributed by atoms with Crippen molar-refractivity contribution in [2.45, 2.75) is 23.6 Å². The van der Waals surface area contributed by atoms with Gasteiger partial charge in [0.2, 0.25) is 15.9 Å². The van der Waals surface area contributed by atoms with E-state index in [2.05, 4.69) is 11.4 Å². The summed E-state index contributed by atoms with van der Waals surface area (Å²) in [5.41, 5.74) is 3.60. The maximum atomic E-state index is 12.5. The lowest BCUT2D eigenvalue weighted by molar-refractivity contribution is -0.113. The second kappa shape index (κ2) is 8.98. The monoisotopic (exact) mass is 421 g/mol. The predicted octanol–water partition coefficient (Wildman–Crippen LogP) is 3.35. The summed E-state index contributed by atoms with van der Waals surface area (Å²) in [7, 11) is 3.06. The van der Waals surface area contributed by atoms with E-state index in [0.29, 0.717) is 5.69 Å². The number of hydrogen-bond acceptors (Lipinski definition) is 5. The van der Waals surface area contributed by atoms with Crippen molar-refractivity contribution in [3.8, 4) is 0 Å². The van der Waals surface area contributed by atoms with Crippen molar-refractivity contribution >= 4 is 39.1 Å². The number of thioether (sulfide) groups is 1. The van der Waals surface area contributed by atoms with Crippen molar-refractivity contribution in [1.29, 1.82) is 0 Å². The van der Waals surface area contributed by atoms with Crippen molar-refractivity contribution < 1.29 is 13.2 Å². The molecule has 0 saturated carbocycles. The van der Waals surface area contributed by atoms with Gasteiger partial charge in [0.25, 0.3) is 0 Å². The molecule has 2 aromatic carbocycles. The van der Waals surface area contributed by atoms with E-state index in [4.69, 9.17) is 0 Å². The van der Waals surface area contributed by atoms with Crippen molar-refractivity contribution in [1.82, 2.24) is 4.31 Å². The Hall–Kier alpha value is -2.03. The molecule has 1 N–H and O–H groups in total. The van der Waals surface area contributed by atoms with Gasteiger partial charge in [-0.3, -0.25) is 4.79 Å². The molecular formula is C20H27N3O3S2. The van der Waals surface area contributed by atoms with E-state index in [1.54, 1.807) is 12.1 Å². The van der Waals surface area contributed by atoms with Crippen LogP contribution in [-0.2, 0) is 14.8 Å². The molecule has 0 heterocycles. The molecule has 0 bridgehead atoms. The summed E-state index contributed by atoms with van der Waals surface area (Å²) in [5.74, 6) is 0.0470. The molecule has 0 fully saturated rings. The normalized spacial score (nSPS) is 11.5. The molecule has 28 heavy (non-hydrogen) atoms. The van der Waals surface area contributed by atoms with Crippen LogP contribution in [0.5, 0.6) is 0 Å². The maximum absolute atomic E-state index is 12.5. The van der Waals surface area contributed by atoms with Crippen LogP contribution in [0.25, 0.3) is 0 Å². The van der Waals surface area contributed by atoms with Crippen molar-refractivity contribution in [3.05, 3.63) is 47.5 Å². The van der Waals surface area contributed by atoms with E-state index in [1.165, 1.54) is 43.1 Å². The average Bonchev–Trinajstić information content (AvgIpc) is 2.62. The molecule has 2 rings (SSSR count). The molecule has 0 aliphatic rings. The third kappa shape index (κ3) is 5.27. The number of rotatable bonds is 7. The summed E-state index contributed by atoms with van der Waals surface area (Å²) in [4.78, 5) is 15.5. The van der Waals surface area contributed by atoms with Gasteiger partial charge in [-0.1, -0.05) is 6.07 Å². The molecule has 0 aromatic heterocycles. The standard InChI is InChI=1S/C20H27N3O3S2/c1-14-7-8-16(11-15(14)2)27-13-20(24)21-18-12-17(28(25,26)23(5)6)9-10-19(18)22(3)4/h7-12H,13H2,1-6H3,(H,21,24). The number of nitrogens with one attached hydrogen (secondary N) is 1. The fourth-order valence-corrected chi connectivity index (χ4v) is 4.24. The van der Waals surface area contributed by atoms with Crippen LogP contribution in [0.1, 0.15) is 11.1 Å². The number of nitrogens with zero attached hydrogens (tertiary/aromatic N) is 2. The largest absolute Gasteiger partial charge is 0.376 e. The molecule has 0 aliphatic heterocycles. The van der Waals surface area contributed by atoms with Gasteiger partial charge in [-0.25, -0.2) is 12.7 Å². The zero-order valence-corrected chi connectivity index (χ0v) is 18.7. The maximum Gasteiger partial charge on any atom is 0.242 e. The number of amides is 1.